The van der Waals surface area contributed by atoms with Gasteiger partial charge in [-0.3, -0.25) is 0 Å². The van der Waals surface area contributed by atoms with Crippen molar-refractivity contribution in [2.45, 2.75) is 40.5 Å². The summed E-state index contributed by atoms with van der Waals surface area (Å²) in [6.07, 6.45) is 4.18. The van der Waals surface area contributed by atoms with E-state index in [0.29, 0.717) is 0 Å². The first-order chi connectivity index (χ1) is 8.33. The van der Waals surface area contributed by atoms with E-state index < -0.39 is 0 Å². The fourth-order valence-corrected chi connectivity index (χ4v) is 1.79. The minimum Gasteiger partial charge on any atom is -0.238 e. The van der Waals surface area contributed by atoms with Crippen LogP contribution in [0.4, 0.5) is 0 Å². The summed E-state index contributed by atoms with van der Waals surface area (Å²) in [5, 5.41) is 4.42. The van der Waals surface area contributed by atoms with E-state index in [1.165, 1.54) is 11.3 Å². The normalized spacial score (nSPS) is 9.65. The van der Waals surface area contributed by atoms with Crippen molar-refractivity contribution in [2.24, 2.45) is 0 Å². The van der Waals surface area contributed by atoms with E-state index in [1.807, 2.05) is 42.9 Å². The first-order valence-electron chi connectivity index (χ1n) is 6.42. The molecule has 2 rings (SSSR count). The molecule has 1 aromatic carbocycles. The lowest BCUT2D eigenvalue weighted by Crippen LogP contribution is -2.02. The van der Waals surface area contributed by atoms with Gasteiger partial charge >= 0.3 is 0 Å². The van der Waals surface area contributed by atoms with Crippen molar-refractivity contribution >= 4 is 0 Å². The molecular weight excluding hydrogens is 208 g/mol. The summed E-state index contributed by atoms with van der Waals surface area (Å²) >= 11 is 0. The number of hydrogen-bond acceptors (Lipinski definition) is 1. The molecule has 0 unspecified atom stereocenters. The number of hydrogen-bond donors (Lipinski definition) is 0. The molecule has 2 nitrogen and oxygen atoms in total. The summed E-state index contributed by atoms with van der Waals surface area (Å²) in [6.45, 7) is 8.32. The van der Waals surface area contributed by atoms with Gasteiger partial charge < -0.3 is 0 Å². The highest BCUT2D eigenvalue weighted by atomic mass is 15.3. The summed E-state index contributed by atoms with van der Waals surface area (Å²) in [4.78, 5) is 0. The average Bonchev–Trinajstić information content (AvgIpc) is 2.75. The lowest BCUT2D eigenvalue weighted by Gasteiger charge is -2.07. The first-order valence-corrected chi connectivity index (χ1v) is 6.42. The standard InChI is InChI=1S/C13H16N2.C2H6/c1-3-7-13-11(2)10-14-15(13)12-8-5-4-6-9-12;1-2/h4-6,8-10H,3,7H2,1-2H3;1-2H3. The topological polar surface area (TPSA) is 17.8 Å². The molecule has 0 saturated carbocycles. The zero-order valence-electron chi connectivity index (χ0n) is 11.3. The van der Waals surface area contributed by atoms with Gasteiger partial charge in [-0.2, -0.15) is 5.10 Å². The molecule has 0 bridgehead atoms. The van der Waals surface area contributed by atoms with Crippen LogP contribution in [-0.2, 0) is 6.42 Å². The molecule has 0 aliphatic carbocycles. The van der Waals surface area contributed by atoms with Gasteiger partial charge in [-0.15, -0.1) is 0 Å². The monoisotopic (exact) mass is 230 g/mol. The van der Waals surface area contributed by atoms with E-state index in [4.69, 9.17) is 0 Å². The van der Waals surface area contributed by atoms with Gasteiger partial charge in [-0.05, 0) is 31.0 Å². The van der Waals surface area contributed by atoms with Crippen LogP contribution < -0.4 is 0 Å². The van der Waals surface area contributed by atoms with Gasteiger partial charge in [0.25, 0.3) is 0 Å². The summed E-state index contributed by atoms with van der Waals surface area (Å²) in [5.74, 6) is 0. The third-order valence-electron chi connectivity index (χ3n) is 2.57. The van der Waals surface area contributed by atoms with Crippen LogP contribution >= 0.6 is 0 Å². The highest BCUT2D eigenvalue weighted by Gasteiger charge is 2.07. The molecule has 0 N–H and O–H groups in total. The van der Waals surface area contributed by atoms with Crippen LogP contribution in [0.5, 0.6) is 0 Å². The van der Waals surface area contributed by atoms with Crippen LogP contribution in [0.25, 0.3) is 5.69 Å². The van der Waals surface area contributed by atoms with Gasteiger partial charge in [0.2, 0.25) is 0 Å². The van der Waals surface area contributed by atoms with Crippen LogP contribution in [0.1, 0.15) is 38.4 Å². The van der Waals surface area contributed by atoms with Crippen molar-refractivity contribution < 1.29 is 0 Å². The molecule has 0 aliphatic rings. The Kier molecular flexibility index (Phi) is 5.47. The van der Waals surface area contributed by atoms with E-state index in [1.54, 1.807) is 0 Å². The maximum absolute atomic E-state index is 4.42. The zero-order chi connectivity index (χ0) is 12.7. The highest BCUT2D eigenvalue weighted by molar-refractivity contribution is 5.34. The van der Waals surface area contributed by atoms with E-state index in [2.05, 4.69) is 31.1 Å². The molecule has 0 aliphatic heterocycles. The van der Waals surface area contributed by atoms with Crippen molar-refractivity contribution in [1.29, 1.82) is 0 Å². The number of aryl methyl sites for hydroxylation is 1. The molecule has 0 radical (unpaired) electrons. The Labute approximate surface area is 104 Å². The second kappa shape index (κ2) is 6.89. The van der Waals surface area contributed by atoms with Crippen molar-refractivity contribution in [2.75, 3.05) is 0 Å². The number of rotatable bonds is 3. The molecule has 1 heterocycles. The molecule has 0 fully saturated rings. The second-order valence-electron chi connectivity index (χ2n) is 3.77. The smallest absolute Gasteiger partial charge is 0.0648 e. The maximum Gasteiger partial charge on any atom is 0.0648 e. The number of para-hydroxylation sites is 1. The summed E-state index contributed by atoms with van der Waals surface area (Å²) in [7, 11) is 0. The molecule has 1 aromatic heterocycles. The van der Waals surface area contributed by atoms with Gasteiger partial charge in [0.05, 0.1) is 11.9 Å². The lowest BCUT2D eigenvalue weighted by atomic mass is 10.2. The Balaban J connectivity index is 0.000000686. The van der Waals surface area contributed by atoms with Gasteiger partial charge in [0.1, 0.15) is 0 Å². The predicted molar refractivity (Wildman–Crippen MR) is 73.6 cm³/mol. The van der Waals surface area contributed by atoms with Gasteiger partial charge in [-0.1, -0.05) is 45.4 Å². The van der Waals surface area contributed by atoms with Crippen molar-refractivity contribution in [1.82, 2.24) is 9.78 Å². The largest absolute Gasteiger partial charge is 0.238 e. The van der Waals surface area contributed by atoms with E-state index >= 15 is 0 Å². The SMILES string of the molecule is CC.CCCc1c(C)cnn1-c1ccccc1. The Morgan fingerprint density at radius 3 is 2.35 bits per heavy atom. The highest BCUT2D eigenvalue weighted by Crippen LogP contribution is 2.15. The molecular formula is C15H22N2. The van der Waals surface area contributed by atoms with Gasteiger partial charge in [0, 0.05) is 5.69 Å². The number of aromatic nitrogens is 2. The Morgan fingerprint density at radius 2 is 1.76 bits per heavy atom. The quantitative estimate of drug-likeness (QED) is 0.774. The third-order valence-corrected chi connectivity index (χ3v) is 2.57. The molecule has 0 saturated heterocycles. The summed E-state index contributed by atoms with van der Waals surface area (Å²) in [6, 6.07) is 10.3. The van der Waals surface area contributed by atoms with E-state index in [0.717, 1.165) is 18.5 Å². The predicted octanol–water partition coefficient (Wildman–Crippen LogP) is 4.16. The van der Waals surface area contributed by atoms with Crippen LogP contribution in [0.15, 0.2) is 36.5 Å². The van der Waals surface area contributed by atoms with E-state index in [-0.39, 0.29) is 0 Å². The average molecular weight is 230 g/mol. The van der Waals surface area contributed by atoms with Crippen LogP contribution in [0.2, 0.25) is 0 Å². The molecule has 2 heteroatoms. The van der Waals surface area contributed by atoms with Crippen molar-refractivity contribution in [3.05, 3.63) is 47.8 Å². The fraction of sp³-hybridized carbons (Fsp3) is 0.400. The second-order valence-corrected chi connectivity index (χ2v) is 3.77. The third kappa shape index (κ3) is 3.19. The Hall–Kier alpha value is -1.57. The summed E-state index contributed by atoms with van der Waals surface area (Å²) in [5.41, 5.74) is 3.75. The number of nitrogens with zero attached hydrogens (tertiary/aromatic N) is 2. The lowest BCUT2D eigenvalue weighted by molar-refractivity contribution is 0.772. The minimum atomic E-state index is 1.08. The van der Waals surface area contributed by atoms with Gasteiger partial charge in [-0.25, -0.2) is 4.68 Å². The zero-order valence-corrected chi connectivity index (χ0v) is 11.3. The Morgan fingerprint density at radius 1 is 1.12 bits per heavy atom. The van der Waals surface area contributed by atoms with E-state index in [9.17, 15) is 0 Å². The van der Waals surface area contributed by atoms with Crippen LogP contribution in [-0.4, -0.2) is 9.78 Å². The molecule has 17 heavy (non-hydrogen) atoms. The Bertz CT molecular complexity index is 429. The molecule has 0 amide bonds. The maximum atomic E-state index is 4.42. The minimum absolute atomic E-state index is 1.08. The van der Waals surface area contributed by atoms with Gasteiger partial charge in [0.15, 0.2) is 0 Å². The van der Waals surface area contributed by atoms with Crippen molar-refractivity contribution in [3.63, 3.8) is 0 Å². The molecule has 0 atom stereocenters. The van der Waals surface area contributed by atoms with Crippen LogP contribution in [0, 0.1) is 6.92 Å². The summed E-state index contributed by atoms with van der Waals surface area (Å²) < 4.78 is 2.04. The fourth-order valence-electron chi connectivity index (χ4n) is 1.79. The van der Waals surface area contributed by atoms with Crippen molar-refractivity contribution in [3.8, 4) is 5.69 Å². The molecule has 2 aromatic rings. The molecule has 92 valence electrons. The van der Waals surface area contributed by atoms with Crippen LogP contribution in [0.3, 0.4) is 0 Å². The number of benzene rings is 1. The molecule has 0 spiro atoms. The first kappa shape index (κ1) is 13.5.